The van der Waals surface area contributed by atoms with Crippen LogP contribution in [0.5, 0.6) is 5.75 Å². The molecule has 5 heteroatoms. The highest BCUT2D eigenvalue weighted by Gasteiger charge is 2.30. The zero-order chi connectivity index (χ0) is 19.4. The highest BCUT2D eigenvalue weighted by Crippen LogP contribution is 2.36. The first-order chi connectivity index (χ1) is 13.0. The zero-order valence-electron chi connectivity index (χ0n) is 16.7. The summed E-state index contributed by atoms with van der Waals surface area (Å²) in [7, 11) is 4.08. The summed E-state index contributed by atoms with van der Waals surface area (Å²) in [5.41, 5.74) is 3.29. The maximum Gasteiger partial charge on any atom is 0.224 e. The van der Waals surface area contributed by atoms with E-state index in [1.54, 1.807) is 6.92 Å². The Morgan fingerprint density at radius 1 is 1.15 bits per heavy atom. The Hall–Kier alpha value is -2.53. The molecule has 0 aromatic heterocycles. The zero-order valence-corrected chi connectivity index (χ0v) is 16.7. The number of carbonyl (C=O) groups excluding carboxylic acids is 1. The van der Waals surface area contributed by atoms with Gasteiger partial charge in [-0.15, -0.1) is 0 Å². The molecule has 0 unspecified atom stereocenters. The Bertz CT molecular complexity index is 791. The highest BCUT2D eigenvalue weighted by atomic mass is 16.5. The van der Waals surface area contributed by atoms with E-state index in [4.69, 9.17) is 4.74 Å². The van der Waals surface area contributed by atoms with Gasteiger partial charge in [0.15, 0.2) is 0 Å². The fraction of sp³-hybridized carbons (Fsp3) is 0.409. The first-order valence-electron chi connectivity index (χ1n) is 9.46. The Kier molecular flexibility index (Phi) is 6.01. The molecule has 27 heavy (non-hydrogen) atoms. The number of rotatable bonds is 6. The van der Waals surface area contributed by atoms with Crippen LogP contribution in [-0.4, -0.2) is 50.6 Å². The third-order valence-electron chi connectivity index (χ3n) is 4.83. The van der Waals surface area contributed by atoms with Gasteiger partial charge in [0, 0.05) is 26.6 Å². The van der Waals surface area contributed by atoms with Crippen molar-refractivity contribution in [3.05, 3.63) is 54.1 Å². The van der Waals surface area contributed by atoms with Gasteiger partial charge in [0.2, 0.25) is 5.91 Å². The molecule has 1 heterocycles. The molecule has 144 valence electrons. The summed E-state index contributed by atoms with van der Waals surface area (Å²) < 4.78 is 5.87. The molecule has 0 fully saturated rings. The molecule has 0 saturated carbocycles. The number of fused-ring (bicyclic) bond motifs is 1. The molecular weight excluding hydrogens is 338 g/mol. The summed E-state index contributed by atoms with van der Waals surface area (Å²) in [5, 5.41) is 0. The number of benzene rings is 2. The maximum atomic E-state index is 12.1. The average molecular weight is 367 g/mol. The molecule has 1 aliphatic heterocycles. The average Bonchev–Trinajstić information content (AvgIpc) is 2.61. The summed E-state index contributed by atoms with van der Waals surface area (Å²) in [6.07, 6.45) is 0. The van der Waals surface area contributed by atoms with E-state index in [0.717, 1.165) is 36.8 Å². The number of carbonyl (C=O) groups is 1. The lowest BCUT2D eigenvalue weighted by atomic mass is 10.1. The predicted octanol–water partition coefficient (Wildman–Crippen LogP) is 3.39. The number of hydrogen-bond donors (Lipinski definition) is 0. The van der Waals surface area contributed by atoms with Gasteiger partial charge in [-0.05, 0) is 50.8 Å². The largest absolute Gasteiger partial charge is 0.492 e. The minimum absolute atomic E-state index is 0.0888. The van der Waals surface area contributed by atoms with Crippen molar-refractivity contribution >= 4 is 17.3 Å². The molecule has 1 atom stereocenters. The van der Waals surface area contributed by atoms with E-state index in [-0.39, 0.29) is 11.9 Å². The van der Waals surface area contributed by atoms with Crippen LogP contribution in [0, 0.1) is 0 Å². The molecule has 2 aromatic carbocycles. The SMILES string of the molecule is CC(=O)N1c2ccccc2N(Cc2cccc(OCCN(C)C)c2)C[C@@H]1C. The standard InChI is InChI=1S/C22H29N3O2/c1-17-15-24(21-10-5-6-11-22(21)25(17)18(2)26)16-19-8-7-9-20(14-19)27-13-12-23(3)4/h5-11,14,17H,12-13,15-16H2,1-4H3/t17-/m0/s1. The van der Waals surface area contributed by atoms with Crippen molar-refractivity contribution in [2.45, 2.75) is 26.4 Å². The van der Waals surface area contributed by atoms with E-state index >= 15 is 0 Å². The van der Waals surface area contributed by atoms with Crippen LogP contribution in [0.2, 0.25) is 0 Å². The number of amides is 1. The Morgan fingerprint density at radius 2 is 1.89 bits per heavy atom. The van der Waals surface area contributed by atoms with Crippen LogP contribution in [0.25, 0.3) is 0 Å². The molecule has 0 bridgehead atoms. The van der Waals surface area contributed by atoms with Crippen LogP contribution in [0.3, 0.4) is 0 Å². The minimum atomic E-state index is 0.0888. The van der Waals surface area contributed by atoms with Gasteiger partial charge in [-0.25, -0.2) is 0 Å². The first-order valence-corrected chi connectivity index (χ1v) is 9.46. The van der Waals surface area contributed by atoms with Crippen LogP contribution < -0.4 is 14.5 Å². The van der Waals surface area contributed by atoms with Crippen LogP contribution in [0.4, 0.5) is 11.4 Å². The van der Waals surface area contributed by atoms with E-state index in [0.29, 0.717) is 6.61 Å². The lowest BCUT2D eigenvalue weighted by Gasteiger charge is -2.41. The van der Waals surface area contributed by atoms with Crippen LogP contribution in [0.15, 0.2) is 48.5 Å². The van der Waals surface area contributed by atoms with Gasteiger partial charge in [-0.3, -0.25) is 4.79 Å². The fourth-order valence-electron chi connectivity index (χ4n) is 3.60. The van der Waals surface area contributed by atoms with Gasteiger partial charge in [-0.2, -0.15) is 0 Å². The smallest absolute Gasteiger partial charge is 0.224 e. The third kappa shape index (κ3) is 4.61. The number of likely N-dealkylation sites (N-methyl/N-ethyl adjacent to an activating group) is 1. The molecular formula is C22H29N3O2. The topological polar surface area (TPSA) is 36.0 Å². The molecule has 5 nitrogen and oxygen atoms in total. The van der Waals surface area contributed by atoms with Crippen LogP contribution in [0.1, 0.15) is 19.4 Å². The second-order valence-corrected chi connectivity index (χ2v) is 7.41. The first kappa shape index (κ1) is 19.2. The molecule has 0 N–H and O–H groups in total. The molecule has 0 saturated heterocycles. The van der Waals surface area contributed by atoms with E-state index in [1.807, 2.05) is 49.3 Å². The monoisotopic (exact) mass is 367 g/mol. The number of anilines is 2. The van der Waals surface area contributed by atoms with E-state index in [2.05, 4.69) is 34.9 Å². The summed E-state index contributed by atoms with van der Waals surface area (Å²) in [6, 6.07) is 16.6. The normalized spacial score (nSPS) is 16.4. The molecule has 1 aliphatic rings. The molecule has 2 aromatic rings. The Morgan fingerprint density at radius 3 is 2.59 bits per heavy atom. The Labute approximate surface area is 162 Å². The predicted molar refractivity (Wildman–Crippen MR) is 111 cm³/mol. The second-order valence-electron chi connectivity index (χ2n) is 7.41. The minimum Gasteiger partial charge on any atom is -0.492 e. The van der Waals surface area contributed by atoms with Crippen molar-refractivity contribution in [1.29, 1.82) is 0 Å². The van der Waals surface area contributed by atoms with Gasteiger partial charge < -0.3 is 19.4 Å². The van der Waals surface area contributed by atoms with E-state index in [9.17, 15) is 4.79 Å². The van der Waals surface area contributed by atoms with Crippen molar-refractivity contribution < 1.29 is 9.53 Å². The number of ether oxygens (including phenoxy) is 1. The highest BCUT2D eigenvalue weighted by molar-refractivity contribution is 5.97. The van der Waals surface area contributed by atoms with Crippen LogP contribution >= 0.6 is 0 Å². The summed E-state index contributed by atoms with van der Waals surface area (Å²) >= 11 is 0. The summed E-state index contributed by atoms with van der Waals surface area (Å²) in [5.74, 6) is 0.990. The number of nitrogens with zero attached hydrogens (tertiary/aromatic N) is 3. The van der Waals surface area contributed by atoms with Crippen molar-refractivity contribution in [3.8, 4) is 5.75 Å². The van der Waals surface area contributed by atoms with Crippen LogP contribution in [-0.2, 0) is 11.3 Å². The summed E-state index contributed by atoms with van der Waals surface area (Å²) in [6.45, 7) is 6.90. The number of hydrogen-bond acceptors (Lipinski definition) is 4. The van der Waals surface area contributed by atoms with E-state index in [1.165, 1.54) is 5.56 Å². The van der Waals surface area contributed by atoms with Gasteiger partial charge in [0.05, 0.1) is 17.4 Å². The van der Waals surface area contributed by atoms with Gasteiger partial charge >= 0.3 is 0 Å². The fourth-order valence-corrected chi connectivity index (χ4v) is 3.60. The molecule has 0 spiro atoms. The van der Waals surface area contributed by atoms with Crippen molar-refractivity contribution in [1.82, 2.24) is 4.90 Å². The molecule has 0 radical (unpaired) electrons. The molecule has 0 aliphatic carbocycles. The number of para-hydroxylation sites is 2. The maximum absolute atomic E-state index is 12.1. The lowest BCUT2D eigenvalue weighted by molar-refractivity contribution is -0.117. The third-order valence-corrected chi connectivity index (χ3v) is 4.83. The lowest BCUT2D eigenvalue weighted by Crippen LogP contribution is -2.49. The van der Waals surface area contributed by atoms with Crippen molar-refractivity contribution in [2.24, 2.45) is 0 Å². The van der Waals surface area contributed by atoms with Gasteiger partial charge in [0.25, 0.3) is 0 Å². The second kappa shape index (κ2) is 8.44. The van der Waals surface area contributed by atoms with Crippen molar-refractivity contribution in [2.75, 3.05) is 43.6 Å². The molecule has 3 rings (SSSR count). The van der Waals surface area contributed by atoms with Crippen molar-refractivity contribution in [3.63, 3.8) is 0 Å². The van der Waals surface area contributed by atoms with E-state index < -0.39 is 0 Å². The summed E-state index contributed by atoms with van der Waals surface area (Å²) in [4.78, 5) is 18.5. The Balaban J connectivity index is 1.77. The van der Waals surface area contributed by atoms with Gasteiger partial charge in [0.1, 0.15) is 12.4 Å². The molecule has 1 amide bonds. The quantitative estimate of drug-likeness (QED) is 0.784. The van der Waals surface area contributed by atoms with Gasteiger partial charge in [-0.1, -0.05) is 24.3 Å².